The maximum Gasteiger partial charge on any atom is 0.134 e. The van der Waals surface area contributed by atoms with Crippen molar-refractivity contribution < 1.29 is 9.15 Å². The van der Waals surface area contributed by atoms with Crippen LogP contribution in [0.3, 0.4) is 0 Å². The number of nitrogens with one attached hydrogen (secondary N) is 1. The Balaban J connectivity index is 1.79. The second kappa shape index (κ2) is 6.02. The van der Waals surface area contributed by atoms with E-state index in [1.165, 1.54) is 0 Å². The molecule has 0 radical (unpaired) electrons. The molecule has 0 spiro atoms. The van der Waals surface area contributed by atoms with Gasteiger partial charge in [-0.3, -0.25) is 0 Å². The summed E-state index contributed by atoms with van der Waals surface area (Å²) in [6, 6.07) is 18.2. The molecule has 108 valence electrons. The minimum atomic E-state index is 0.440. The van der Waals surface area contributed by atoms with Gasteiger partial charge in [-0.15, -0.1) is 0 Å². The molecule has 3 rings (SSSR count). The van der Waals surface area contributed by atoms with E-state index >= 15 is 0 Å². The number of para-hydroxylation sites is 1. The monoisotopic (exact) mass is 281 g/mol. The second-order valence-corrected chi connectivity index (χ2v) is 5.36. The van der Waals surface area contributed by atoms with Crippen LogP contribution in [0.4, 0.5) is 0 Å². The topological polar surface area (TPSA) is 34.4 Å². The third-order valence-electron chi connectivity index (χ3n) is 3.20. The van der Waals surface area contributed by atoms with Crippen molar-refractivity contribution in [3.63, 3.8) is 0 Å². The van der Waals surface area contributed by atoms with Crippen molar-refractivity contribution in [1.29, 1.82) is 0 Å². The number of fused-ring (bicyclic) bond motifs is 1. The number of hydrogen-bond donors (Lipinski definition) is 1. The van der Waals surface area contributed by atoms with E-state index in [0.717, 1.165) is 34.8 Å². The molecule has 1 N–H and O–H groups in total. The van der Waals surface area contributed by atoms with Crippen molar-refractivity contribution in [3.8, 4) is 11.5 Å². The predicted molar refractivity (Wildman–Crippen MR) is 84.7 cm³/mol. The van der Waals surface area contributed by atoms with Crippen LogP contribution < -0.4 is 10.1 Å². The second-order valence-electron chi connectivity index (χ2n) is 5.36. The van der Waals surface area contributed by atoms with E-state index in [-0.39, 0.29) is 0 Å². The Kier molecular flexibility index (Phi) is 3.93. The summed E-state index contributed by atoms with van der Waals surface area (Å²) in [6.07, 6.45) is 0. The van der Waals surface area contributed by atoms with Crippen LogP contribution in [0.2, 0.25) is 0 Å². The molecule has 0 saturated heterocycles. The molecule has 0 bridgehead atoms. The van der Waals surface area contributed by atoms with Gasteiger partial charge in [0.1, 0.15) is 22.8 Å². The minimum absolute atomic E-state index is 0.440. The van der Waals surface area contributed by atoms with Gasteiger partial charge in [0.05, 0.1) is 6.54 Å². The van der Waals surface area contributed by atoms with E-state index < -0.39 is 0 Å². The lowest BCUT2D eigenvalue weighted by molar-refractivity contribution is 0.481. The first-order valence-corrected chi connectivity index (χ1v) is 7.19. The Hall–Kier alpha value is -2.26. The van der Waals surface area contributed by atoms with Gasteiger partial charge in [-0.1, -0.05) is 32.0 Å². The highest BCUT2D eigenvalue weighted by Gasteiger charge is 2.06. The van der Waals surface area contributed by atoms with Gasteiger partial charge in [-0.2, -0.15) is 0 Å². The highest BCUT2D eigenvalue weighted by atomic mass is 16.5. The van der Waals surface area contributed by atoms with Crippen LogP contribution in [0.1, 0.15) is 19.6 Å². The van der Waals surface area contributed by atoms with E-state index in [4.69, 9.17) is 9.15 Å². The number of hydrogen-bond acceptors (Lipinski definition) is 3. The van der Waals surface area contributed by atoms with Crippen LogP contribution in [-0.2, 0) is 6.54 Å². The van der Waals surface area contributed by atoms with Gasteiger partial charge in [0.2, 0.25) is 0 Å². The first-order chi connectivity index (χ1) is 10.2. The van der Waals surface area contributed by atoms with Crippen LogP contribution in [0, 0.1) is 0 Å². The number of benzene rings is 2. The zero-order chi connectivity index (χ0) is 14.7. The van der Waals surface area contributed by atoms with Gasteiger partial charge >= 0.3 is 0 Å². The largest absolute Gasteiger partial charge is 0.460 e. The van der Waals surface area contributed by atoms with Crippen LogP contribution in [-0.4, -0.2) is 6.04 Å². The number of furan rings is 1. The Morgan fingerprint density at radius 1 is 1.00 bits per heavy atom. The molecule has 0 fully saturated rings. The summed E-state index contributed by atoms with van der Waals surface area (Å²) in [5, 5.41) is 4.41. The van der Waals surface area contributed by atoms with E-state index in [1.54, 1.807) is 0 Å². The van der Waals surface area contributed by atoms with Gasteiger partial charge in [-0.25, -0.2) is 0 Å². The summed E-state index contributed by atoms with van der Waals surface area (Å²) in [5.74, 6) is 2.59. The lowest BCUT2D eigenvalue weighted by Crippen LogP contribution is -2.21. The SMILES string of the molecule is CC(C)NCc1cc2cc(Oc3ccccc3)ccc2o1. The van der Waals surface area contributed by atoms with Crippen LogP contribution in [0.25, 0.3) is 11.0 Å². The van der Waals surface area contributed by atoms with Gasteiger partial charge in [-0.05, 0) is 36.4 Å². The molecule has 21 heavy (non-hydrogen) atoms. The Morgan fingerprint density at radius 2 is 1.81 bits per heavy atom. The summed E-state index contributed by atoms with van der Waals surface area (Å²) >= 11 is 0. The molecule has 0 atom stereocenters. The van der Waals surface area contributed by atoms with E-state index in [0.29, 0.717) is 6.04 Å². The maximum absolute atomic E-state index is 5.84. The quantitative estimate of drug-likeness (QED) is 0.734. The lowest BCUT2D eigenvalue weighted by atomic mass is 10.2. The lowest BCUT2D eigenvalue weighted by Gasteiger charge is -2.04. The van der Waals surface area contributed by atoms with Gasteiger partial charge < -0.3 is 14.5 Å². The van der Waals surface area contributed by atoms with Crippen molar-refractivity contribution in [3.05, 3.63) is 60.4 Å². The summed E-state index contributed by atoms with van der Waals surface area (Å²) in [6.45, 7) is 4.98. The summed E-state index contributed by atoms with van der Waals surface area (Å²) in [5.41, 5.74) is 0.885. The summed E-state index contributed by atoms with van der Waals surface area (Å²) in [4.78, 5) is 0. The number of ether oxygens (including phenoxy) is 1. The third-order valence-corrected chi connectivity index (χ3v) is 3.20. The minimum Gasteiger partial charge on any atom is -0.460 e. The van der Waals surface area contributed by atoms with Crippen molar-refractivity contribution >= 4 is 11.0 Å². The van der Waals surface area contributed by atoms with Gasteiger partial charge in [0, 0.05) is 11.4 Å². The highest BCUT2D eigenvalue weighted by Crippen LogP contribution is 2.27. The molecule has 0 aliphatic heterocycles. The normalized spacial score (nSPS) is 11.2. The fourth-order valence-corrected chi connectivity index (χ4v) is 2.16. The van der Waals surface area contributed by atoms with Crippen LogP contribution in [0.15, 0.2) is 59.0 Å². The Labute approximate surface area is 124 Å². The van der Waals surface area contributed by atoms with Gasteiger partial charge in [0.15, 0.2) is 0 Å². The van der Waals surface area contributed by atoms with Crippen molar-refractivity contribution in [2.24, 2.45) is 0 Å². The van der Waals surface area contributed by atoms with Crippen molar-refractivity contribution in [2.45, 2.75) is 26.4 Å². The fourth-order valence-electron chi connectivity index (χ4n) is 2.16. The summed E-state index contributed by atoms with van der Waals surface area (Å²) in [7, 11) is 0. The first-order valence-electron chi connectivity index (χ1n) is 7.19. The van der Waals surface area contributed by atoms with Crippen LogP contribution in [0.5, 0.6) is 11.5 Å². The van der Waals surface area contributed by atoms with Crippen LogP contribution >= 0.6 is 0 Å². The molecular weight excluding hydrogens is 262 g/mol. The van der Waals surface area contributed by atoms with Crippen molar-refractivity contribution in [2.75, 3.05) is 0 Å². The van der Waals surface area contributed by atoms with E-state index in [1.807, 2.05) is 48.5 Å². The van der Waals surface area contributed by atoms with Gasteiger partial charge in [0.25, 0.3) is 0 Å². The molecule has 0 aliphatic carbocycles. The average Bonchev–Trinajstić information content (AvgIpc) is 2.88. The molecule has 3 aromatic rings. The van der Waals surface area contributed by atoms with E-state index in [2.05, 4.69) is 25.2 Å². The predicted octanol–water partition coefficient (Wildman–Crippen LogP) is 4.72. The highest BCUT2D eigenvalue weighted by molar-refractivity contribution is 5.79. The molecule has 0 saturated carbocycles. The molecule has 2 aromatic carbocycles. The summed E-state index contributed by atoms with van der Waals surface area (Å²) < 4.78 is 11.6. The molecule has 3 heteroatoms. The molecular formula is C18H19NO2. The molecule has 1 heterocycles. The standard InChI is InChI=1S/C18H19NO2/c1-13(2)19-12-17-11-14-10-16(8-9-18(14)21-17)20-15-6-4-3-5-7-15/h3-11,13,19H,12H2,1-2H3. The Bertz CT molecular complexity index is 716. The average molecular weight is 281 g/mol. The smallest absolute Gasteiger partial charge is 0.134 e. The third kappa shape index (κ3) is 3.44. The first kappa shape index (κ1) is 13.7. The zero-order valence-corrected chi connectivity index (χ0v) is 12.3. The zero-order valence-electron chi connectivity index (χ0n) is 12.3. The molecule has 0 unspecified atom stereocenters. The molecule has 0 amide bonds. The molecule has 1 aromatic heterocycles. The maximum atomic E-state index is 5.84. The molecule has 3 nitrogen and oxygen atoms in total. The fraction of sp³-hybridized carbons (Fsp3) is 0.222. The Morgan fingerprint density at radius 3 is 2.57 bits per heavy atom. The van der Waals surface area contributed by atoms with E-state index in [9.17, 15) is 0 Å². The molecule has 0 aliphatic rings. The van der Waals surface area contributed by atoms with Crippen molar-refractivity contribution in [1.82, 2.24) is 5.32 Å². The number of rotatable bonds is 5.